The second-order valence-electron chi connectivity index (χ2n) is 7.34. The number of carbonyl (C=O) groups excluding carboxylic acids is 1. The third-order valence-corrected chi connectivity index (χ3v) is 4.95. The predicted octanol–water partition coefficient (Wildman–Crippen LogP) is 3.08. The zero-order valence-electron chi connectivity index (χ0n) is 13.3. The number of carbonyl (C=O) groups is 1. The molecule has 0 bridgehead atoms. The van der Waals surface area contributed by atoms with Gasteiger partial charge < -0.3 is 10.2 Å². The summed E-state index contributed by atoms with van der Waals surface area (Å²) in [6.45, 7) is 11.0. The molecule has 1 amide bonds. The van der Waals surface area contributed by atoms with E-state index < -0.39 is 0 Å². The van der Waals surface area contributed by atoms with E-state index >= 15 is 0 Å². The van der Waals surface area contributed by atoms with Gasteiger partial charge in [-0.25, -0.2) is 0 Å². The molecule has 2 rings (SSSR count). The summed E-state index contributed by atoms with van der Waals surface area (Å²) in [6.07, 6.45) is 5.69. The van der Waals surface area contributed by atoms with Crippen molar-refractivity contribution in [1.29, 1.82) is 0 Å². The molecule has 2 aliphatic heterocycles. The summed E-state index contributed by atoms with van der Waals surface area (Å²) in [5.41, 5.74) is 0.383. The third kappa shape index (κ3) is 4.63. The zero-order valence-corrected chi connectivity index (χ0v) is 14.1. The Bertz CT molecular complexity index is 308. The molecular weight excluding hydrogens is 272 g/mol. The van der Waals surface area contributed by atoms with Gasteiger partial charge in [-0.1, -0.05) is 20.8 Å². The normalized spacial score (nSPS) is 25.8. The minimum absolute atomic E-state index is 0. The molecule has 0 saturated carbocycles. The first-order valence-electron chi connectivity index (χ1n) is 7.98. The number of halogens is 1. The monoisotopic (exact) mass is 302 g/mol. The molecule has 1 N–H and O–H groups in total. The van der Waals surface area contributed by atoms with E-state index in [9.17, 15) is 4.79 Å². The van der Waals surface area contributed by atoms with E-state index in [0.29, 0.717) is 11.3 Å². The number of nitrogens with zero attached hydrogens (tertiary/aromatic N) is 1. The maximum atomic E-state index is 12.6. The molecule has 4 heteroatoms. The lowest BCUT2D eigenvalue weighted by molar-refractivity contribution is -0.136. The Morgan fingerprint density at radius 1 is 1.05 bits per heavy atom. The Kier molecular flexibility index (Phi) is 6.80. The van der Waals surface area contributed by atoms with Gasteiger partial charge >= 0.3 is 0 Å². The topological polar surface area (TPSA) is 32.3 Å². The number of rotatable bonds is 1. The highest BCUT2D eigenvalue weighted by Gasteiger charge is 2.31. The summed E-state index contributed by atoms with van der Waals surface area (Å²) in [6, 6.07) is 0. The number of likely N-dealkylation sites (tertiary alicyclic amines) is 1. The van der Waals surface area contributed by atoms with Crippen molar-refractivity contribution in [3.05, 3.63) is 0 Å². The van der Waals surface area contributed by atoms with Crippen LogP contribution in [-0.4, -0.2) is 37.0 Å². The predicted molar refractivity (Wildman–Crippen MR) is 86.2 cm³/mol. The van der Waals surface area contributed by atoms with Crippen LogP contribution in [0, 0.1) is 17.3 Å². The Morgan fingerprint density at radius 2 is 1.70 bits per heavy atom. The van der Waals surface area contributed by atoms with Crippen molar-refractivity contribution in [3.8, 4) is 0 Å². The number of amides is 1. The van der Waals surface area contributed by atoms with Crippen LogP contribution in [0.5, 0.6) is 0 Å². The molecule has 0 aliphatic carbocycles. The van der Waals surface area contributed by atoms with Crippen LogP contribution in [-0.2, 0) is 4.79 Å². The first-order valence-corrected chi connectivity index (χ1v) is 7.98. The quantitative estimate of drug-likeness (QED) is 0.807. The second-order valence-corrected chi connectivity index (χ2v) is 7.34. The Morgan fingerprint density at radius 3 is 2.30 bits per heavy atom. The van der Waals surface area contributed by atoms with Gasteiger partial charge in [0.2, 0.25) is 5.91 Å². The second kappa shape index (κ2) is 7.65. The van der Waals surface area contributed by atoms with Crippen molar-refractivity contribution in [3.63, 3.8) is 0 Å². The van der Waals surface area contributed by atoms with Gasteiger partial charge in [0.15, 0.2) is 0 Å². The van der Waals surface area contributed by atoms with E-state index in [1.54, 1.807) is 0 Å². The highest BCUT2D eigenvalue weighted by Crippen LogP contribution is 2.34. The van der Waals surface area contributed by atoms with Crippen LogP contribution in [0.4, 0.5) is 0 Å². The molecule has 0 aromatic rings. The summed E-state index contributed by atoms with van der Waals surface area (Å²) < 4.78 is 0. The molecule has 2 saturated heterocycles. The third-order valence-electron chi connectivity index (χ3n) is 4.95. The summed E-state index contributed by atoms with van der Waals surface area (Å²) in [5.74, 6) is 1.47. The average molecular weight is 303 g/mol. The smallest absolute Gasteiger partial charge is 0.225 e. The Balaban J connectivity index is 0.00000200. The van der Waals surface area contributed by atoms with Gasteiger partial charge in [-0.05, 0) is 56.5 Å². The van der Waals surface area contributed by atoms with Gasteiger partial charge in [-0.3, -0.25) is 4.79 Å². The number of hydrogen-bond acceptors (Lipinski definition) is 2. The van der Waals surface area contributed by atoms with Crippen LogP contribution < -0.4 is 5.32 Å². The average Bonchev–Trinajstić information content (AvgIpc) is 2.64. The largest absolute Gasteiger partial charge is 0.342 e. The fourth-order valence-electron chi connectivity index (χ4n) is 3.51. The highest BCUT2D eigenvalue weighted by atomic mass is 35.5. The lowest BCUT2D eigenvalue weighted by Crippen LogP contribution is -2.41. The van der Waals surface area contributed by atoms with Crippen LogP contribution in [0.25, 0.3) is 0 Å². The molecule has 3 nitrogen and oxygen atoms in total. The summed E-state index contributed by atoms with van der Waals surface area (Å²) >= 11 is 0. The van der Waals surface area contributed by atoms with E-state index in [-0.39, 0.29) is 18.3 Å². The van der Waals surface area contributed by atoms with Gasteiger partial charge in [0.1, 0.15) is 0 Å². The molecule has 2 heterocycles. The molecule has 0 spiro atoms. The van der Waals surface area contributed by atoms with Gasteiger partial charge in [0.05, 0.1) is 0 Å². The van der Waals surface area contributed by atoms with Crippen molar-refractivity contribution in [2.75, 3.05) is 26.2 Å². The molecular formula is C16H31ClN2O. The maximum Gasteiger partial charge on any atom is 0.225 e. The molecule has 20 heavy (non-hydrogen) atoms. The van der Waals surface area contributed by atoms with E-state index in [1.807, 2.05) is 0 Å². The fourth-order valence-corrected chi connectivity index (χ4v) is 3.51. The van der Waals surface area contributed by atoms with E-state index in [1.165, 1.54) is 19.3 Å². The van der Waals surface area contributed by atoms with Crippen molar-refractivity contribution < 1.29 is 4.79 Å². The van der Waals surface area contributed by atoms with E-state index in [4.69, 9.17) is 0 Å². The number of hydrogen-bond donors (Lipinski definition) is 1. The Labute approximate surface area is 130 Å². The summed E-state index contributed by atoms with van der Waals surface area (Å²) in [4.78, 5) is 14.7. The van der Waals surface area contributed by atoms with Gasteiger partial charge in [-0.15, -0.1) is 12.4 Å². The molecule has 2 fully saturated rings. The molecule has 118 valence electrons. The molecule has 1 unspecified atom stereocenters. The van der Waals surface area contributed by atoms with Gasteiger partial charge in [-0.2, -0.15) is 0 Å². The lowest BCUT2D eigenvalue weighted by atomic mass is 9.77. The van der Waals surface area contributed by atoms with Gasteiger partial charge in [0, 0.05) is 19.0 Å². The fraction of sp³-hybridized carbons (Fsp3) is 0.938. The molecule has 2 aliphatic rings. The minimum atomic E-state index is 0. The van der Waals surface area contributed by atoms with Crippen LogP contribution in [0.15, 0.2) is 0 Å². The van der Waals surface area contributed by atoms with Crippen LogP contribution in [0.3, 0.4) is 0 Å². The minimum Gasteiger partial charge on any atom is -0.342 e. The Hall–Kier alpha value is -0.280. The SMILES string of the molecule is CC(C)(C)C1CCCN(C(=O)C2CCNCC2)CC1.Cl. The molecule has 0 aromatic heterocycles. The number of piperidine rings is 1. The van der Waals surface area contributed by atoms with Crippen molar-refractivity contribution in [1.82, 2.24) is 10.2 Å². The van der Waals surface area contributed by atoms with E-state index in [0.717, 1.165) is 44.9 Å². The van der Waals surface area contributed by atoms with Crippen molar-refractivity contribution in [2.45, 2.75) is 52.9 Å². The molecule has 0 aromatic carbocycles. The number of nitrogens with one attached hydrogen (secondary N) is 1. The lowest BCUT2D eigenvalue weighted by Gasteiger charge is -2.31. The van der Waals surface area contributed by atoms with Crippen molar-refractivity contribution in [2.24, 2.45) is 17.3 Å². The highest BCUT2D eigenvalue weighted by molar-refractivity contribution is 5.85. The maximum absolute atomic E-state index is 12.6. The first kappa shape index (κ1) is 17.8. The first-order chi connectivity index (χ1) is 8.98. The zero-order chi connectivity index (χ0) is 13.9. The van der Waals surface area contributed by atoms with Crippen LogP contribution in [0.2, 0.25) is 0 Å². The summed E-state index contributed by atoms with van der Waals surface area (Å²) in [5, 5.41) is 3.34. The molecule has 0 radical (unpaired) electrons. The van der Waals surface area contributed by atoms with E-state index in [2.05, 4.69) is 31.0 Å². The van der Waals surface area contributed by atoms with Crippen LogP contribution >= 0.6 is 12.4 Å². The standard InChI is InChI=1S/C16H30N2O.ClH/c1-16(2,3)14-5-4-11-18(12-8-14)15(19)13-6-9-17-10-7-13;/h13-14,17H,4-12H2,1-3H3;1H. The van der Waals surface area contributed by atoms with Gasteiger partial charge in [0.25, 0.3) is 0 Å². The summed E-state index contributed by atoms with van der Waals surface area (Å²) in [7, 11) is 0. The molecule has 1 atom stereocenters. The van der Waals surface area contributed by atoms with Crippen molar-refractivity contribution >= 4 is 18.3 Å². The van der Waals surface area contributed by atoms with Crippen LogP contribution in [0.1, 0.15) is 52.9 Å².